The van der Waals surface area contributed by atoms with E-state index in [0.29, 0.717) is 17.1 Å². The van der Waals surface area contributed by atoms with Gasteiger partial charge in [-0.3, -0.25) is 19.2 Å². The molecule has 3 rings (SSSR count). The van der Waals surface area contributed by atoms with Crippen LogP contribution in [-0.2, 0) is 14.8 Å². The van der Waals surface area contributed by atoms with Gasteiger partial charge in [0.2, 0.25) is 0 Å². The lowest BCUT2D eigenvalue weighted by atomic mass is 10.2. The first kappa shape index (κ1) is 25.2. The SMILES string of the molecule is COc1cccc(/C=N\NC(=O)CN(c2ccccc2)S(=O)(=O)c2ccccc2[N+](=O)[O-])c1OC. The van der Waals surface area contributed by atoms with E-state index in [1.54, 1.807) is 36.4 Å². The third kappa shape index (κ3) is 5.73. The molecule has 1 N–H and O–H groups in total. The van der Waals surface area contributed by atoms with Crippen molar-refractivity contribution in [3.8, 4) is 11.5 Å². The van der Waals surface area contributed by atoms with E-state index in [2.05, 4.69) is 10.5 Å². The van der Waals surface area contributed by atoms with E-state index in [1.165, 1.54) is 44.7 Å². The Labute approximate surface area is 201 Å². The smallest absolute Gasteiger partial charge is 0.289 e. The molecule has 0 bridgehead atoms. The summed E-state index contributed by atoms with van der Waals surface area (Å²) in [6, 6.07) is 17.8. The molecule has 12 heteroatoms. The number of hydrogen-bond acceptors (Lipinski definition) is 8. The Morgan fingerprint density at radius 2 is 1.71 bits per heavy atom. The number of hydrazone groups is 1. The molecule has 0 aliphatic heterocycles. The van der Waals surface area contributed by atoms with Gasteiger partial charge in [0, 0.05) is 11.6 Å². The van der Waals surface area contributed by atoms with Gasteiger partial charge in [-0.15, -0.1) is 0 Å². The fourth-order valence-electron chi connectivity index (χ4n) is 3.21. The number of para-hydroxylation sites is 3. The number of nitro benzene ring substituents is 1. The Balaban J connectivity index is 1.89. The minimum Gasteiger partial charge on any atom is -0.493 e. The van der Waals surface area contributed by atoms with Crippen LogP contribution in [-0.4, -0.2) is 46.2 Å². The summed E-state index contributed by atoms with van der Waals surface area (Å²) >= 11 is 0. The van der Waals surface area contributed by atoms with E-state index >= 15 is 0 Å². The monoisotopic (exact) mass is 498 g/mol. The molecule has 3 aromatic rings. The molecule has 0 aliphatic carbocycles. The third-order valence-electron chi connectivity index (χ3n) is 4.79. The summed E-state index contributed by atoms with van der Waals surface area (Å²) in [5, 5.41) is 15.3. The number of benzene rings is 3. The predicted octanol–water partition coefficient (Wildman–Crippen LogP) is 2.96. The fraction of sp³-hybridized carbons (Fsp3) is 0.130. The largest absolute Gasteiger partial charge is 0.493 e. The number of nitro groups is 1. The van der Waals surface area contributed by atoms with Crippen molar-refractivity contribution in [1.82, 2.24) is 5.43 Å². The Morgan fingerprint density at radius 1 is 1.03 bits per heavy atom. The molecule has 0 aromatic heterocycles. The van der Waals surface area contributed by atoms with E-state index in [0.717, 1.165) is 16.4 Å². The molecule has 182 valence electrons. The van der Waals surface area contributed by atoms with Crippen LogP contribution in [0.25, 0.3) is 0 Å². The molecule has 3 aromatic carbocycles. The standard InChI is InChI=1S/C23H22N4O7S/c1-33-20-13-8-9-17(23(20)34-2)15-24-25-22(28)16-26(18-10-4-3-5-11-18)35(31,32)21-14-7-6-12-19(21)27(29)30/h3-15H,16H2,1-2H3,(H,25,28)/b24-15-. The summed E-state index contributed by atoms with van der Waals surface area (Å²) in [7, 11) is -1.54. The highest BCUT2D eigenvalue weighted by Crippen LogP contribution is 2.30. The second-order valence-corrected chi connectivity index (χ2v) is 8.78. The van der Waals surface area contributed by atoms with Crippen molar-refractivity contribution in [1.29, 1.82) is 0 Å². The van der Waals surface area contributed by atoms with Crippen molar-refractivity contribution >= 4 is 33.5 Å². The number of sulfonamides is 1. The van der Waals surface area contributed by atoms with Crippen molar-refractivity contribution in [2.45, 2.75) is 4.90 Å². The number of carbonyl (C=O) groups excluding carboxylic acids is 1. The zero-order valence-electron chi connectivity index (χ0n) is 18.8. The Morgan fingerprint density at radius 3 is 2.37 bits per heavy atom. The second kappa shape index (κ2) is 11.1. The Kier molecular flexibility index (Phi) is 8.00. The third-order valence-corrected chi connectivity index (χ3v) is 6.61. The van der Waals surface area contributed by atoms with Crippen LogP contribution >= 0.6 is 0 Å². The van der Waals surface area contributed by atoms with E-state index in [-0.39, 0.29) is 5.69 Å². The lowest BCUT2D eigenvalue weighted by Gasteiger charge is -2.23. The predicted molar refractivity (Wildman–Crippen MR) is 129 cm³/mol. The maximum Gasteiger partial charge on any atom is 0.289 e. The van der Waals surface area contributed by atoms with E-state index in [9.17, 15) is 23.3 Å². The average Bonchev–Trinajstić information content (AvgIpc) is 2.87. The number of ether oxygens (including phenoxy) is 2. The van der Waals surface area contributed by atoms with Gasteiger partial charge in [-0.1, -0.05) is 36.4 Å². The summed E-state index contributed by atoms with van der Waals surface area (Å²) in [5.74, 6) is 0.0978. The summed E-state index contributed by atoms with van der Waals surface area (Å²) in [5.41, 5.74) is 2.34. The first-order chi connectivity index (χ1) is 16.8. The molecular formula is C23H22N4O7S. The zero-order chi connectivity index (χ0) is 25.4. The molecule has 0 unspecified atom stereocenters. The summed E-state index contributed by atoms with van der Waals surface area (Å²) in [6.07, 6.45) is 1.32. The minimum atomic E-state index is -4.48. The lowest BCUT2D eigenvalue weighted by molar-refractivity contribution is -0.387. The topological polar surface area (TPSA) is 140 Å². The molecule has 0 radical (unpaired) electrons. The molecule has 0 saturated carbocycles. The molecule has 1 amide bonds. The molecule has 0 fully saturated rings. The lowest BCUT2D eigenvalue weighted by Crippen LogP contribution is -2.39. The van der Waals surface area contributed by atoms with Gasteiger partial charge < -0.3 is 9.47 Å². The van der Waals surface area contributed by atoms with Crippen LogP contribution in [0.4, 0.5) is 11.4 Å². The summed E-state index contributed by atoms with van der Waals surface area (Å²) in [4.78, 5) is 22.8. The van der Waals surface area contributed by atoms with E-state index < -0.39 is 38.0 Å². The number of rotatable bonds is 10. The van der Waals surface area contributed by atoms with Gasteiger partial charge in [0.25, 0.3) is 21.6 Å². The normalized spacial score (nSPS) is 11.1. The number of carbonyl (C=O) groups is 1. The maximum atomic E-state index is 13.4. The van der Waals surface area contributed by atoms with Gasteiger partial charge >= 0.3 is 0 Å². The van der Waals surface area contributed by atoms with Crippen LogP contribution < -0.4 is 19.2 Å². The second-order valence-electron chi connectivity index (χ2n) is 6.95. The van der Waals surface area contributed by atoms with Crippen molar-refractivity contribution in [2.24, 2.45) is 5.10 Å². The molecule has 0 heterocycles. The van der Waals surface area contributed by atoms with Crippen LogP contribution in [0.5, 0.6) is 11.5 Å². The molecular weight excluding hydrogens is 476 g/mol. The number of nitrogens with one attached hydrogen (secondary N) is 1. The van der Waals surface area contributed by atoms with E-state index in [1.807, 2.05) is 0 Å². The summed E-state index contributed by atoms with van der Waals surface area (Å²) < 4.78 is 38.1. The van der Waals surface area contributed by atoms with Gasteiger partial charge in [0.1, 0.15) is 6.54 Å². The molecule has 0 atom stereocenters. The van der Waals surface area contributed by atoms with Crippen molar-refractivity contribution in [3.63, 3.8) is 0 Å². The van der Waals surface area contributed by atoms with Crippen LogP contribution in [0.3, 0.4) is 0 Å². The zero-order valence-corrected chi connectivity index (χ0v) is 19.6. The Hall–Kier alpha value is -4.45. The van der Waals surface area contributed by atoms with Crippen LogP contribution in [0.2, 0.25) is 0 Å². The number of nitrogens with zero attached hydrogens (tertiary/aromatic N) is 3. The number of amides is 1. The Bertz CT molecular complexity index is 1340. The van der Waals surface area contributed by atoms with Crippen LogP contribution in [0, 0.1) is 10.1 Å². The van der Waals surface area contributed by atoms with Crippen LogP contribution in [0.1, 0.15) is 5.56 Å². The minimum absolute atomic E-state index is 0.152. The molecule has 0 saturated heterocycles. The molecule has 0 spiro atoms. The highest BCUT2D eigenvalue weighted by molar-refractivity contribution is 7.93. The maximum absolute atomic E-state index is 13.4. The highest BCUT2D eigenvalue weighted by Gasteiger charge is 2.33. The number of hydrogen-bond donors (Lipinski definition) is 1. The summed E-state index contributed by atoms with van der Waals surface area (Å²) in [6.45, 7) is -0.676. The number of anilines is 1. The van der Waals surface area contributed by atoms with Gasteiger partial charge in [-0.2, -0.15) is 5.10 Å². The first-order valence-electron chi connectivity index (χ1n) is 10.1. The van der Waals surface area contributed by atoms with Gasteiger partial charge in [-0.25, -0.2) is 13.8 Å². The molecule has 35 heavy (non-hydrogen) atoms. The first-order valence-corrected chi connectivity index (χ1v) is 11.6. The highest BCUT2D eigenvalue weighted by atomic mass is 32.2. The van der Waals surface area contributed by atoms with Crippen molar-refractivity contribution in [2.75, 3.05) is 25.1 Å². The molecule has 0 aliphatic rings. The molecule has 11 nitrogen and oxygen atoms in total. The van der Waals surface area contributed by atoms with Crippen molar-refractivity contribution < 1.29 is 27.6 Å². The van der Waals surface area contributed by atoms with Gasteiger partial charge in [0.15, 0.2) is 16.4 Å². The fourth-order valence-corrected chi connectivity index (χ4v) is 4.79. The van der Waals surface area contributed by atoms with Gasteiger partial charge in [0.05, 0.1) is 31.0 Å². The van der Waals surface area contributed by atoms with Crippen molar-refractivity contribution in [3.05, 3.63) is 88.5 Å². The van der Waals surface area contributed by atoms with Crippen LogP contribution in [0.15, 0.2) is 82.8 Å². The van der Waals surface area contributed by atoms with Gasteiger partial charge in [-0.05, 0) is 30.3 Å². The average molecular weight is 499 g/mol. The quantitative estimate of drug-likeness (QED) is 0.257. The van der Waals surface area contributed by atoms with E-state index in [4.69, 9.17) is 9.47 Å². The number of methoxy groups -OCH3 is 2.